The normalized spacial score (nSPS) is 11.8. The van der Waals surface area contributed by atoms with Crippen molar-refractivity contribution < 1.29 is 35.9 Å². The summed E-state index contributed by atoms with van der Waals surface area (Å²) < 4.78 is 75.1. The Labute approximate surface area is 189 Å². The van der Waals surface area contributed by atoms with Crippen LogP contribution in [0.5, 0.6) is 11.5 Å². The smallest absolute Gasteiger partial charge is 0.417 e. The van der Waals surface area contributed by atoms with Crippen LogP contribution < -0.4 is 13.8 Å². The number of carbonyl (C=O) groups is 1. The molecular weight excluding hydrogens is 473 g/mol. The minimum absolute atomic E-state index is 0.102. The zero-order valence-corrected chi connectivity index (χ0v) is 19.3. The lowest BCUT2D eigenvalue weighted by Gasteiger charge is -2.26. The predicted molar refractivity (Wildman–Crippen MR) is 115 cm³/mol. The fourth-order valence-corrected chi connectivity index (χ4v) is 3.94. The highest BCUT2D eigenvalue weighted by Gasteiger charge is 2.34. The summed E-state index contributed by atoms with van der Waals surface area (Å²) in [4.78, 5) is 14.0. The molecule has 0 aliphatic rings. The summed E-state index contributed by atoms with van der Waals surface area (Å²) >= 11 is 5.61. The van der Waals surface area contributed by atoms with E-state index in [4.69, 9.17) is 21.1 Å². The maximum Gasteiger partial charge on any atom is 0.417 e. The summed E-state index contributed by atoms with van der Waals surface area (Å²) in [7, 11) is 0.312. The molecule has 0 unspecified atom stereocenters. The van der Waals surface area contributed by atoms with Crippen molar-refractivity contribution in [3.63, 3.8) is 0 Å². The third kappa shape index (κ3) is 6.19. The van der Waals surface area contributed by atoms with E-state index in [1.54, 1.807) is 18.2 Å². The number of carbonyl (C=O) groups excluding carboxylic acids is 1. The standard InChI is InChI=1S/C20H22ClF3N2O5S/c1-25(11-13-5-8-17(30-2)18(9-13)31-3)19(27)12-26(32(4,28)29)14-6-7-16(21)15(10-14)20(22,23)24/h5-10H,11-12H2,1-4H3. The minimum Gasteiger partial charge on any atom is -0.493 e. The number of nitrogens with zero attached hydrogens (tertiary/aromatic N) is 2. The van der Waals surface area contributed by atoms with Crippen molar-refractivity contribution in [3.8, 4) is 11.5 Å². The molecule has 0 fully saturated rings. The van der Waals surface area contributed by atoms with Gasteiger partial charge in [-0.3, -0.25) is 9.10 Å². The van der Waals surface area contributed by atoms with Crippen LogP contribution in [-0.4, -0.2) is 53.3 Å². The first kappa shape index (κ1) is 25.6. The molecule has 0 N–H and O–H groups in total. The Balaban J connectivity index is 2.28. The van der Waals surface area contributed by atoms with E-state index in [9.17, 15) is 26.4 Å². The van der Waals surface area contributed by atoms with Gasteiger partial charge in [0, 0.05) is 13.6 Å². The van der Waals surface area contributed by atoms with Crippen LogP contribution in [0, 0.1) is 0 Å². The van der Waals surface area contributed by atoms with Gasteiger partial charge in [0.05, 0.1) is 36.7 Å². The molecule has 0 spiro atoms. The van der Waals surface area contributed by atoms with E-state index < -0.39 is 39.2 Å². The molecule has 0 saturated heterocycles. The van der Waals surface area contributed by atoms with Crippen LogP contribution in [0.15, 0.2) is 36.4 Å². The first-order valence-corrected chi connectivity index (χ1v) is 11.3. The number of alkyl halides is 3. The maximum atomic E-state index is 13.2. The van der Waals surface area contributed by atoms with Gasteiger partial charge in [0.1, 0.15) is 6.54 Å². The number of hydrogen-bond acceptors (Lipinski definition) is 5. The fraction of sp³-hybridized carbons (Fsp3) is 0.350. The highest BCUT2D eigenvalue weighted by atomic mass is 35.5. The molecule has 0 radical (unpaired) electrons. The number of rotatable bonds is 8. The van der Waals surface area contributed by atoms with Crippen LogP contribution in [0.2, 0.25) is 5.02 Å². The second kappa shape index (κ2) is 9.86. The quantitative estimate of drug-likeness (QED) is 0.558. The van der Waals surface area contributed by atoms with Gasteiger partial charge in [-0.15, -0.1) is 0 Å². The lowest BCUT2D eigenvalue weighted by molar-refractivity contribution is -0.137. The minimum atomic E-state index is -4.79. The molecule has 1 amide bonds. The molecule has 32 heavy (non-hydrogen) atoms. The lowest BCUT2D eigenvalue weighted by Crippen LogP contribution is -2.41. The predicted octanol–water partition coefficient (Wildman–Crippen LogP) is 3.80. The monoisotopic (exact) mass is 494 g/mol. The van der Waals surface area contributed by atoms with E-state index in [-0.39, 0.29) is 12.2 Å². The third-order valence-corrected chi connectivity index (χ3v) is 5.99. The molecule has 0 heterocycles. The summed E-state index contributed by atoms with van der Waals surface area (Å²) in [5.74, 6) is 0.315. The summed E-state index contributed by atoms with van der Waals surface area (Å²) in [6.45, 7) is -0.591. The Morgan fingerprint density at radius 3 is 2.22 bits per heavy atom. The Bertz CT molecular complexity index is 1090. The summed E-state index contributed by atoms with van der Waals surface area (Å²) in [6, 6.07) is 7.67. The van der Waals surface area contributed by atoms with Crippen molar-refractivity contribution in [2.24, 2.45) is 0 Å². The van der Waals surface area contributed by atoms with Crippen LogP contribution in [0.1, 0.15) is 11.1 Å². The zero-order valence-electron chi connectivity index (χ0n) is 17.7. The van der Waals surface area contributed by atoms with E-state index in [2.05, 4.69) is 0 Å². The van der Waals surface area contributed by atoms with Crippen molar-refractivity contribution in [2.75, 3.05) is 38.4 Å². The van der Waals surface area contributed by atoms with Gasteiger partial charge >= 0.3 is 6.18 Å². The first-order valence-electron chi connectivity index (χ1n) is 9.07. The molecule has 2 aromatic carbocycles. The van der Waals surface area contributed by atoms with Gasteiger partial charge in [-0.2, -0.15) is 13.2 Å². The number of likely N-dealkylation sites (N-methyl/N-ethyl adjacent to an activating group) is 1. The average molecular weight is 495 g/mol. The third-order valence-electron chi connectivity index (χ3n) is 4.52. The van der Waals surface area contributed by atoms with E-state index in [0.29, 0.717) is 27.4 Å². The lowest BCUT2D eigenvalue weighted by atomic mass is 10.2. The molecule has 2 rings (SSSR count). The van der Waals surface area contributed by atoms with Crippen LogP contribution in [-0.2, 0) is 27.5 Å². The number of ether oxygens (including phenoxy) is 2. The highest BCUT2D eigenvalue weighted by Crippen LogP contribution is 2.37. The topological polar surface area (TPSA) is 76.2 Å². The summed E-state index contributed by atoms with van der Waals surface area (Å²) in [6.07, 6.45) is -3.99. The van der Waals surface area contributed by atoms with Gasteiger partial charge in [0.15, 0.2) is 11.5 Å². The van der Waals surface area contributed by atoms with E-state index in [1.165, 1.54) is 26.2 Å². The molecule has 7 nitrogen and oxygen atoms in total. The molecule has 0 atom stereocenters. The number of hydrogen-bond donors (Lipinski definition) is 0. The van der Waals surface area contributed by atoms with Crippen LogP contribution >= 0.6 is 11.6 Å². The largest absolute Gasteiger partial charge is 0.493 e. The van der Waals surface area contributed by atoms with Crippen molar-refractivity contribution in [3.05, 3.63) is 52.5 Å². The second-order valence-electron chi connectivity index (χ2n) is 6.87. The molecule has 0 aliphatic heterocycles. The molecule has 176 valence electrons. The van der Waals surface area contributed by atoms with Crippen molar-refractivity contribution >= 4 is 33.2 Å². The van der Waals surface area contributed by atoms with Gasteiger partial charge < -0.3 is 14.4 Å². The number of methoxy groups -OCH3 is 2. The van der Waals surface area contributed by atoms with Crippen molar-refractivity contribution in [1.29, 1.82) is 0 Å². The summed E-state index contributed by atoms with van der Waals surface area (Å²) in [5.41, 5.74) is -0.844. The molecule has 0 aliphatic carbocycles. The molecule has 0 aromatic heterocycles. The van der Waals surface area contributed by atoms with Crippen LogP contribution in [0.3, 0.4) is 0 Å². The molecule has 0 bridgehead atoms. The molecule has 12 heteroatoms. The molecular formula is C20H22ClF3N2O5S. The van der Waals surface area contributed by atoms with Crippen molar-refractivity contribution in [1.82, 2.24) is 4.90 Å². The van der Waals surface area contributed by atoms with Gasteiger partial charge in [-0.05, 0) is 35.9 Å². The maximum absolute atomic E-state index is 13.2. The van der Waals surface area contributed by atoms with Gasteiger partial charge in [-0.25, -0.2) is 8.42 Å². The Hall–Kier alpha value is -2.66. The van der Waals surface area contributed by atoms with Crippen molar-refractivity contribution in [2.45, 2.75) is 12.7 Å². The Kier molecular flexibility index (Phi) is 7.89. The van der Waals surface area contributed by atoms with Crippen LogP contribution in [0.25, 0.3) is 0 Å². The number of halogens is 4. The number of sulfonamides is 1. The van der Waals surface area contributed by atoms with E-state index in [1.807, 2.05) is 0 Å². The Morgan fingerprint density at radius 2 is 1.69 bits per heavy atom. The number of anilines is 1. The van der Waals surface area contributed by atoms with Crippen LogP contribution in [0.4, 0.5) is 18.9 Å². The molecule has 2 aromatic rings. The highest BCUT2D eigenvalue weighted by molar-refractivity contribution is 7.92. The van der Waals surface area contributed by atoms with Gasteiger partial charge in [0.25, 0.3) is 0 Å². The van der Waals surface area contributed by atoms with E-state index >= 15 is 0 Å². The Morgan fingerprint density at radius 1 is 1.06 bits per heavy atom. The van der Waals surface area contributed by atoms with Gasteiger partial charge in [0.2, 0.25) is 15.9 Å². The van der Waals surface area contributed by atoms with E-state index in [0.717, 1.165) is 18.4 Å². The average Bonchev–Trinajstić information content (AvgIpc) is 2.70. The number of amides is 1. The number of benzene rings is 2. The summed E-state index contributed by atoms with van der Waals surface area (Å²) in [5, 5.41) is -0.577. The SMILES string of the molecule is COc1ccc(CN(C)C(=O)CN(c2ccc(Cl)c(C(F)(F)F)c2)S(C)(=O)=O)cc1OC. The zero-order chi connectivity index (χ0) is 24.3. The first-order chi connectivity index (χ1) is 14.8. The van der Waals surface area contributed by atoms with Gasteiger partial charge in [-0.1, -0.05) is 17.7 Å². The fourth-order valence-electron chi connectivity index (χ4n) is 2.87. The molecule has 0 saturated carbocycles. The second-order valence-corrected chi connectivity index (χ2v) is 9.18.